The van der Waals surface area contributed by atoms with Gasteiger partial charge in [-0.2, -0.15) is 12.6 Å². The molecule has 0 aromatic heterocycles. The van der Waals surface area contributed by atoms with Gasteiger partial charge in [0.15, 0.2) is 0 Å². The molecule has 150 valence electrons. The van der Waals surface area contributed by atoms with Gasteiger partial charge in [0.2, 0.25) is 0 Å². The molecular formula is C24H42OS. The van der Waals surface area contributed by atoms with Crippen molar-refractivity contribution < 1.29 is 5.11 Å². The third kappa shape index (κ3) is 11.2. The van der Waals surface area contributed by atoms with Gasteiger partial charge in [0, 0.05) is 5.25 Å². The van der Waals surface area contributed by atoms with Gasteiger partial charge in [-0.3, -0.25) is 0 Å². The number of hydrogen-bond donors (Lipinski definition) is 2. The molecule has 0 aliphatic carbocycles. The highest BCUT2D eigenvalue weighted by Gasteiger charge is 2.09. The molecule has 26 heavy (non-hydrogen) atoms. The molecular weight excluding hydrogens is 336 g/mol. The Morgan fingerprint density at radius 3 is 1.69 bits per heavy atom. The molecule has 0 radical (unpaired) electrons. The molecule has 0 aliphatic heterocycles. The van der Waals surface area contributed by atoms with Crippen molar-refractivity contribution in [2.45, 2.75) is 115 Å². The van der Waals surface area contributed by atoms with Gasteiger partial charge in [0.25, 0.3) is 0 Å². The minimum Gasteiger partial charge on any atom is -0.508 e. The highest BCUT2D eigenvalue weighted by Crippen LogP contribution is 2.30. The Balaban J connectivity index is 1.90. The van der Waals surface area contributed by atoms with Crippen molar-refractivity contribution in [2.24, 2.45) is 0 Å². The molecule has 2 heteroatoms. The Bertz CT molecular complexity index is 458. The van der Waals surface area contributed by atoms with Crippen LogP contribution in [0.2, 0.25) is 0 Å². The summed E-state index contributed by atoms with van der Waals surface area (Å²) in [6, 6.07) is 5.63. The van der Waals surface area contributed by atoms with Crippen molar-refractivity contribution in [3.05, 3.63) is 29.3 Å². The molecule has 1 aromatic rings. The second kappa shape index (κ2) is 15.4. The molecule has 1 nitrogen and oxygen atoms in total. The highest BCUT2D eigenvalue weighted by atomic mass is 32.1. The molecule has 1 atom stereocenters. The Morgan fingerprint density at radius 2 is 1.23 bits per heavy atom. The van der Waals surface area contributed by atoms with E-state index in [4.69, 9.17) is 12.6 Å². The van der Waals surface area contributed by atoms with Crippen LogP contribution in [0.3, 0.4) is 0 Å². The third-order valence-electron chi connectivity index (χ3n) is 5.44. The fourth-order valence-corrected chi connectivity index (χ4v) is 4.19. The number of phenolic OH excluding ortho intramolecular Hbond substituents is 1. The topological polar surface area (TPSA) is 20.2 Å². The normalized spacial score (nSPS) is 12.4. The maximum atomic E-state index is 9.50. The number of thiol groups is 1. The first-order valence-corrected chi connectivity index (χ1v) is 11.6. The molecule has 0 amide bonds. The van der Waals surface area contributed by atoms with Crippen LogP contribution in [0.25, 0.3) is 0 Å². The van der Waals surface area contributed by atoms with Crippen LogP contribution in [-0.2, 0) is 0 Å². The summed E-state index contributed by atoms with van der Waals surface area (Å²) in [5.74, 6) is 0.350. The van der Waals surface area contributed by atoms with Crippen molar-refractivity contribution in [1.29, 1.82) is 0 Å². The van der Waals surface area contributed by atoms with Gasteiger partial charge in [0.1, 0.15) is 5.75 Å². The number of phenols is 1. The number of aromatic hydroxyl groups is 1. The fraction of sp³-hybridized carbons (Fsp3) is 0.750. The maximum Gasteiger partial charge on any atom is 0.115 e. The van der Waals surface area contributed by atoms with Crippen molar-refractivity contribution in [1.82, 2.24) is 0 Å². The molecule has 0 saturated carbocycles. The predicted molar refractivity (Wildman–Crippen MR) is 119 cm³/mol. The van der Waals surface area contributed by atoms with E-state index in [9.17, 15) is 5.11 Å². The summed E-state index contributed by atoms with van der Waals surface area (Å²) < 4.78 is 0. The number of hydrogen-bond acceptors (Lipinski definition) is 2. The van der Waals surface area contributed by atoms with E-state index in [0.29, 0.717) is 11.0 Å². The first-order chi connectivity index (χ1) is 12.6. The fourth-order valence-electron chi connectivity index (χ4n) is 3.72. The molecule has 0 saturated heterocycles. The van der Waals surface area contributed by atoms with Crippen LogP contribution in [0.15, 0.2) is 18.2 Å². The van der Waals surface area contributed by atoms with Crippen molar-refractivity contribution in [3.63, 3.8) is 0 Å². The van der Waals surface area contributed by atoms with Crippen molar-refractivity contribution >= 4 is 12.6 Å². The van der Waals surface area contributed by atoms with Crippen LogP contribution in [0.1, 0.15) is 120 Å². The summed E-state index contributed by atoms with van der Waals surface area (Å²) in [6.07, 6.45) is 20.8. The van der Waals surface area contributed by atoms with E-state index in [1.165, 1.54) is 95.5 Å². The zero-order chi connectivity index (χ0) is 19.0. The lowest BCUT2D eigenvalue weighted by molar-refractivity contribution is 0.474. The monoisotopic (exact) mass is 378 g/mol. The minimum absolute atomic E-state index is 0.299. The molecule has 1 aromatic carbocycles. The van der Waals surface area contributed by atoms with E-state index in [2.05, 4.69) is 13.8 Å². The van der Waals surface area contributed by atoms with Crippen molar-refractivity contribution in [3.8, 4) is 5.75 Å². The van der Waals surface area contributed by atoms with Crippen LogP contribution in [0.4, 0.5) is 0 Å². The smallest absolute Gasteiger partial charge is 0.115 e. The Kier molecular flexibility index (Phi) is 13.9. The number of aryl methyl sites for hydroxylation is 1. The number of rotatable bonds is 16. The average Bonchev–Trinajstić information content (AvgIpc) is 2.61. The maximum absolute atomic E-state index is 9.50. The lowest BCUT2D eigenvalue weighted by atomic mass is 10.00. The van der Waals surface area contributed by atoms with Crippen LogP contribution >= 0.6 is 12.6 Å². The van der Waals surface area contributed by atoms with Crippen LogP contribution < -0.4 is 0 Å². The number of benzene rings is 1. The number of unbranched alkanes of at least 4 members (excludes halogenated alkanes) is 13. The van der Waals surface area contributed by atoms with E-state index >= 15 is 0 Å². The van der Waals surface area contributed by atoms with E-state index < -0.39 is 0 Å². The molecule has 1 unspecified atom stereocenters. The average molecular weight is 379 g/mol. The lowest BCUT2D eigenvalue weighted by Gasteiger charge is -2.14. The van der Waals surface area contributed by atoms with Gasteiger partial charge in [-0.25, -0.2) is 0 Å². The van der Waals surface area contributed by atoms with Gasteiger partial charge in [-0.15, -0.1) is 0 Å². The van der Waals surface area contributed by atoms with E-state index in [0.717, 1.165) is 12.0 Å². The molecule has 0 spiro atoms. The summed E-state index contributed by atoms with van der Waals surface area (Å²) in [7, 11) is 0. The summed E-state index contributed by atoms with van der Waals surface area (Å²) in [5, 5.41) is 9.80. The summed E-state index contributed by atoms with van der Waals surface area (Å²) in [6.45, 7) is 4.34. The van der Waals surface area contributed by atoms with Crippen LogP contribution in [-0.4, -0.2) is 5.11 Å². The zero-order valence-corrected chi connectivity index (χ0v) is 18.2. The Hall–Kier alpha value is -0.630. The molecule has 1 N–H and O–H groups in total. The quantitative estimate of drug-likeness (QED) is 0.218. The SMILES string of the molecule is CCCCCCCCCCCCCCCCC(S)c1ccc(O)cc1C. The highest BCUT2D eigenvalue weighted by molar-refractivity contribution is 7.80. The van der Waals surface area contributed by atoms with Gasteiger partial charge in [0.05, 0.1) is 0 Å². The van der Waals surface area contributed by atoms with E-state index in [-0.39, 0.29) is 0 Å². The molecule has 0 heterocycles. The largest absolute Gasteiger partial charge is 0.508 e. The predicted octanol–water partition coefficient (Wildman–Crippen LogP) is 8.54. The first kappa shape index (κ1) is 23.4. The molecule has 0 fully saturated rings. The molecule has 1 rings (SSSR count). The Morgan fingerprint density at radius 1 is 0.769 bits per heavy atom. The van der Waals surface area contributed by atoms with Crippen LogP contribution in [0.5, 0.6) is 5.75 Å². The van der Waals surface area contributed by atoms with Gasteiger partial charge in [-0.05, 0) is 36.6 Å². The second-order valence-electron chi connectivity index (χ2n) is 7.94. The third-order valence-corrected chi connectivity index (χ3v) is 5.98. The second-order valence-corrected chi connectivity index (χ2v) is 8.56. The van der Waals surface area contributed by atoms with E-state index in [1.807, 2.05) is 12.1 Å². The van der Waals surface area contributed by atoms with Gasteiger partial charge < -0.3 is 5.11 Å². The van der Waals surface area contributed by atoms with Crippen molar-refractivity contribution in [2.75, 3.05) is 0 Å². The van der Waals surface area contributed by atoms with Gasteiger partial charge in [-0.1, -0.05) is 103 Å². The minimum atomic E-state index is 0.299. The summed E-state index contributed by atoms with van der Waals surface area (Å²) >= 11 is 4.76. The van der Waals surface area contributed by atoms with Crippen LogP contribution in [0, 0.1) is 6.92 Å². The zero-order valence-electron chi connectivity index (χ0n) is 17.3. The Labute approximate surface area is 168 Å². The summed E-state index contributed by atoms with van der Waals surface area (Å²) in [4.78, 5) is 0. The summed E-state index contributed by atoms with van der Waals surface area (Å²) in [5.41, 5.74) is 2.41. The van der Waals surface area contributed by atoms with Gasteiger partial charge >= 0.3 is 0 Å². The van der Waals surface area contributed by atoms with E-state index in [1.54, 1.807) is 6.07 Å². The lowest BCUT2D eigenvalue weighted by Crippen LogP contribution is -1.94. The molecule has 0 aliphatic rings. The standard InChI is InChI=1S/C24H42OS/c1-3-4-5-6-7-8-9-10-11-12-13-14-15-16-17-24(26)23-19-18-22(25)20-21(23)2/h18-20,24-26H,3-17H2,1-2H3. The first-order valence-electron chi connectivity index (χ1n) is 11.1. The molecule has 0 bridgehead atoms.